The number of anilines is 2. The zero-order valence-corrected chi connectivity index (χ0v) is 13.1. The Labute approximate surface area is 130 Å². The molecule has 0 saturated carbocycles. The van der Waals surface area contributed by atoms with Gasteiger partial charge < -0.3 is 10.6 Å². The summed E-state index contributed by atoms with van der Waals surface area (Å²) in [5.74, 6) is 1.99. The number of nitrogens with one attached hydrogen (secondary N) is 2. The Morgan fingerprint density at radius 2 is 2.00 bits per heavy atom. The molecule has 1 saturated heterocycles. The molecule has 0 bridgehead atoms. The van der Waals surface area contributed by atoms with Crippen molar-refractivity contribution in [3.05, 3.63) is 35.5 Å². The number of rotatable bonds is 4. The molecule has 6 heteroatoms. The van der Waals surface area contributed by atoms with E-state index in [-0.39, 0.29) is 0 Å². The van der Waals surface area contributed by atoms with E-state index in [1.165, 1.54) is 12.8 Å². The number of hydrogen-bond donors (Lipinski definition) is 2. The van der Waals surface area contributed by atoms with Crippen molar-refractivity contribution < 1.29 is 0 Å². The quantitative estimate of drug-likeness (QED) is 0.901. The lowest BCUT2D eigenvalue weighted by Gasteiger charge is -2.22. The van der Waals surface area contributed by atoms with E-state index in [1.54, 1.807) is 6.33 Å². The van der Waals surface area contributed by atoms with Gasteiger partial charge in [0.2, 0.25) is 5.95 Å². The molecular weight excluding hydrogens is 276 g/mol. The van der Waals surface area contributed by atoms with Gasteiger partial charge in [-0.1, -0.05) is 0 Å². The van der Waals surface area contributed by atoms with Crippen LogP contribution in [0.15, 0.2) is 18.5 Å². The van der Waals surface area contributed by atoms with E-state index >= 15 is 0 Å². The summed E-state index contributed by atoms with van der Waals surface area (Å²) in [6.07, 6.45) is 5.10. The largest absolute Gasteiger partial charge is 0.316 e. The first-order valence-corrected chi connectivity index (χ1v) is 7.80. The third-order valence-corrected chi connectivity index (χ3v) is 3.84. The van der Waals surface area contributed by atoms with Crippen molar-refractivity contribution in [2.24, 2.45) is 5.92 Å². The highest BCUT2D eigenvalue weighted by Crippen LogP contribution is 2.17. The molecule has 6 nitrogen and oxygen atoms in total. The summed E-state index contributed by atoms with van der Waals surface area (Å²) in [6, 6.07) is 3.95. The Morgan fingerprint density at radius 1 is 1.18 bits per heavy atom. The number of nitrogens with zero attached hydrogens (tertiary/aromatic N) is 4. The fourth-order valence-corrected chi connectivity index (χ4v) is 2.87. The van der Waals surface area contributed by atoms with Gasteiger partial charge in [-0.15, -0.1) is 0 Å². The average molecular weight is 298 g/mol. The second-order valence-corrected chi connectivity index (χ2v) is 5.91. The number of hydrogen-bond acceptors (Lipinski definition) is 6. The molecule has 116 valence electrons. The van der Waals surface area contributed by atoms with E-state index in [1.807, 2.05) is 26.0 Å². The molecule has 0 amide bonds. The van der Waals surface area contributed by atoms with Gasteiger partial charge in [0.15, 0.2) is 0 Å². The van der Waals surface area contributed by atoms with E-state index in [0.29, 0.717) is 11.9 Å². The van der Waals surface area contributed by atoms with Crippen molar-refractivity contribution in [3.8, 4) is 0 Å². The standard InChI is InChI=1S/C16H22N6/c1-11-6-12(2)21-16(20-11)22-15-8-14(18-10-19-15)7-13-4-3-5-17-9-13/h6,8,10,13,17H,3-5,7,9H2,1-2H3,(H,18,19,20,21,22). The molecule has 1 fully saturated rings. The molecule has 0 aromatic carbocycles. The first kappa shape index (κ1) is 14.8. The number of piperidine rings is 1. The minimum atomic E-state index is 0.585. The Hall–Kier alpha value is -2.08. The molecule has 0 aliphatic carbocycles. The number of aryl methyl sites for hydroxylation is 2. The van der Waals surface area contributed by atoms with Gasteiger partial charge in [-0.2, -0.15) is 0 Å². The lowest BCUT2D eigenvalue weighted by Crippen LogP contribution is -2.31. The third kappa shape index (κ3) is 3.98. The summed E-state index contributed by atoms with van der Waals surface area (Å²) in [5.41, 5.74) is 2.95. The van der Waals surface area contributed by atoms with E-state index in [9.17, 15) is 0 Å². The molecular formula is C16H22N6. The first-order chi connectivity index (χ1) is 10.7. The smallest absolute Gasteiger partial charge is 0.228 e. The van der Waals surface area contributed by atoms with E-state index < -0.39 is 0 Å². The van der Waals surface area contributed by atoms with Crippen LogP contribution in [0.25, 0.3) is 0 Å². The molecule has 3 rings (SSSR count). The van der Waals surface area contributed by atoms with Crippen molar-refractivity contribution in [2.45, 2.75) is 33.1 Å². The van der Waals surface area contributed by atoms with Crippen LogP contribution in [0, 0.1) is 19.8 Å². The van der Waals surface area contributed by atoms with Gasteiger partial charge in [0, 0.05) is 23.1 Å². The predicted molar refractivity (Wildman–Crippen MR) is 86.1 cm³/mol. The minimum Gasteiger partial charge on any atom is -0.316 e. The van der Waals surface area contributed by atoms with Crippen LogP contribution >= 0.6 is 0 Å². The highest BCUT2D eigenvalue weighted by Gasteiger charge is 2.14. The second kappa shape index (κ2) is 6.79. The van der Waals surface area contributed by atoms with Gasteiger partial charge in [-0.25, -0.2) is 19.9 Å². The molecule has 0 radical (unpaired) electrons. The lowest BCUT2D eigenvalue weighted by molar-refractivity contribution is 0.373. The van der Waals surface area contributed by atoms with Crippen LogP contribution in [0.4, 0.5) is 11.8 Å². The molecule has 22 heavy (non-hydrogen) atoms. The van der Waals surface area contributed by atoms with Gasteiger partial charge in [0.1, 0.15) is 12.1 Å². The fourth-order valence-electron chi connectivity index (χ4n) is 2.87. The van der Waals surface area contributed by atoms with Crippen LogP contribution in [0.1, 0.15) is 29.9 Å². The summed E-state index contributed by atoms with van der Waals surface area (Å²) in [4.78, 5) is 17.4. The maximum atomic E-state index is 4.39. The first-order valence-electron chi connectivity index (χ1n) is 7.80. The van der Waals surface area contributed by atoms with E-state index in [0.717, 1.165) is 42.4 Å². The average Bonchev–Trinajstić information content (AvgIpc) is 2.47. The summed E-state index contributed by atoms with van der Waals surface area (Å²) in [7, 11) is 0. The highest BCUT2D eigenvalue weighted by molar-refractivity contribution is 5.48. The fraction of sp³-hybridized carbons (Fsp3) is 0.500. The zero-order valence-electron chi connectivity index (χ0n) is 13.1. The molecule has 2 N–H and O–H groups in total. The Balaban J connectivity index is 1.70. The van der Waals surface area contributed by atoms with Crippen LogP contribution < -0.4 is 10.6 Å². The van der Waals surface area contributed by atoms with Crippen LogP contribution in [-0.2, 0) is 6.42 Å². The zero-order chi connectivity index (χ0) is 15.4. The van der Waals surface area contributed by atoms with Crippen LogP contribution in [0.2, 0.25) is 0 Å². The Bertz CT molecular complexity index is 616. The molecule has 2 aromatic rings. The normalized spacial score (nSPS) is 18.2. The predicted octanol–water partition coefficient (Wildman–Crippen LogP) is 2.17. The summed E-state index contributed by atoms with van der Waals surface area (Å²) < 4.78 is 0. The third-order valence-electron chi connectivity index (χ3n) is 3.84. The Morgan fingerprint density at radius 3 is 2.73 bits per heavy atom. The van der Waals surface area contributed by atoms with Crippen molar-refractivity contribution in [1.82, 2.24) is 25.3 Å². The van der Waals surface area contributed by atoms with Gasteiger partial charge >= 0.3 is 0 Å². The van der Waals surface area contributed by atoms with Gasteiger partial charge in [0.05, 0.1) is 0 Å². The van der Waals surface area contributed by atoms with Crippen molar-refractivity contribution in [1.29, 1.82) is 0 Å². The SMILES string of the molecule is Cc1cc(C)nc(Nc2cc(CC3CCCNC3)ncn2)n1. The van der Waals surface area contributed by atoms with Crippen molar-refractivity contribution in [2.75, 3.05) is 18.4 Å². The van der Waals surface area contributed by atoms with Crippen molar-refractivity contribution in [3.63, 3.8) is 0 Å². The molecule has 1 atom stereocenters. The van der Waals surface area contributed by atoms with Crippen LogP contribution in [0.5, 0.6) is 0 Å². The van der Waals surface area contributed by atoms with E-state index in [2.05, 4.69) is 30.6 Å². The molecule has 1 unspecified atom stereocenters. The molecule has 1 aliphatic rings. The van der Waals surface area contributed by atoms with Crippen molar-refractivity contribution >= 4 is 11.8 Å². The molecule has 3 heterocycles. The number of aromatic nitrogens is 4. The molecule has 2 aromatic heterocycles. The minimum absolute atomic E-state index is 0.585. The van der Waals surface area contributed by atoms with Gasteiger partial charge in [-0.3, -0.25) is 0 Å². The lowest BCUT2D eigenvalue weighted by atomic mass is 9.94. The topological polar surface area (TPSA) is 75.6 Å². The van der Waals surface area contributed by atoms with Gasteiger partial charge in [-0.05, 0) is 58.2 Å². The Kier molecular flexibility index (Phi) is 4.58. The summed E-state index contributed by atoms with van der Waals surface area (Å²) >= 11 is 0. The second-order valence-electron chi connectivity index (χ2n) is 5.91. The van der Waals surface area contributed by atoms with Crippen LogP contribution in [0.3, 0.4) is 0 Å². The summed E-state index contributed by atoms with van der Waals surface area (Å²) in [5, 5.41) is 6.62. The van der Waals surface area contributed by atoms with E-state index in [4.69, 9.17) is 0 Å². The maximum absolute atomic E-state index is 4.39. The summed E-state index contributed by atoms with van der Waals surface area (Å²) in [6.45, 7) is 6.13. The molecule has 0 spiro atoms. The maximum Gasteiger partial charge on any atom is 0.228 e. The van der Waals surface area contributed by atoms with Crippen LogP contribution in [-0.4, -0.2) is 33.0 Å². The molecule has 1 aliphatic heterocycles. The highest BCUT2D eigenvalue weighted by atomic mass is 15.1. The van der Waals surface area contributed by atoms with Gasteiger partial charge in [0.25, 0.3) is 0 Å². The monoisotopic (exact) mass is 298 g/mol.